The van der Waals surface area contributed by atoms with Gasteiger partial charge in [0.25, 0.3) is 0 Å². The van der Waals surface area contributed by atoms with Crippen LogP contribution in [0.2, 0.25) is 0 Å². The average Bonchev–Trinajstić information content (AvgIpc) is 1.88. The number of nitrogens with one attached hydrogen (secondary N) is 1. The van der Waals surface area contributed by atoms with Gasteiger partial charge < -0.3 is 5.32 Å². The van der Waals surface area contributed by atoms with Gasteiger partial charge in [0.15, 0.2) is 0 Å². The van der Waals surface area contributed by atoms with Crippen LogP contribution >= 0.6 is 0 Å². The number of rotatable bonds is 2. The Morgan fingerprint density at radius 3 is 2.80 bits per heavy atom. The first-order valence-electron chi connectivity index (χ1n) is 3.63. The fraction of sp³-hybridized carbons (Fsp3) is 0.333. The van der Waals surface area contributed by atoms with Crippen LogP contribution in [0.4, 0.5) is 5.69 Å². The lowest BCUT2D eigenvalue weighted by Gasteiger charge is -2.02. The Bertz CT molecular complexity index is 206. The molecule has 0 heterocycles. The van der Waals surface area contributed by atoms with Crippen LogP contribution in [0.25, 0.3) is 0 Å². The molecule has 0 fully saturated rings. The lowest BCUT2D eigenvalue weighted by atomic mass is 10.2. The van der Waals surface area contributed by atoms with Crippen molar-refractivity contribution in [2.75, 3.05) is 11.9 Å². The molecule has 0 saturated heterocycles. The van der Waals surface area contributed by atoms with Crippen molar-refractivity contribution in [2.24, 2.45) is 0 Å². The predicted octanol–water partition coefficient (Wildman–Crippen LogP) is 2.43. The van der Waals surface area contributed by atoms with E-state index in [1.54, 1.807) is 0 Å². The van der Waals surface area contributed by atoms with Crippen molar-refractivity contribution in [1.29, 1.82) is 0 Å². The van der Waals surface area contributed by atoms with Gasteiger partial charge in [-0.3, -0.25) is 0 Å². The molecule has 1 aromatic carbocycles. The van der Waals surface area contributed by atoms with Gasteiger partial charge in [-0.25, -0.2) is 0 Å². The van der Waals surface area contributed by atoms with Crippen molar-refractivity contribution in [2.45, 2.75) is 13.8 Å². The van der Waals surface area contributed by atoms with E-state index < -0.39 is 0 Å². The molecule has 10 heavy (non-hydrogen) atoms. The minimum atomic E-state index is 0.990. The zero-order valence-electron chi connectivity index (χ0n) is 6.52. The van der Waals surface area contributed by atoms with Gasteiger partial charge in [0.2, 0.25) is 0 Å². The van der Waals surface area contributed by atoms with Gasteiger partial charge in [-0.05, 0) is 31.5 Å². The largest absolute Gasteiger partial charge is 0.385 e. The summed E-state index contributed by atoms with van der Waals surface area (Å²) in [6.45, 7) is 5.19. The molecule has 1 rings (SSSR count). The molecule has 1 heteroatoms. The minimum Gasteiger partial charge on any atom is -0.385 e. The third-order valence-electron chi connectivity index (χ3n) is 1.40. The fourth-order valence-corrected chi connectivity index (χ4v) is 0.959. The highest BCUT2D eigenvalue weighted by molar-refractivity contribution is 5.45. The average molecular weight is 135 g/mol. The molecule has 0 aliphatic carbocycles. The molecule has 0 radical (unpaired) electrons. The Morgan fingerprint density at radius 2 is 2.20 bits per heavy atom. The maximum Gasteiger partial charge on any atom is 0.0342 e. The highest BCUT2D eigenvalue weighted by Crippen LogP contribution is 2.08. The molecule has 0 bridgehead atoms. The van der Waals surface area contributed by atoms with Crippen LogP contribution in [0.1, 0.15) is 12.5 Å². The Hall–Kier alpha value is -0.980. The van der Waals surface area contributed by atoms with Crippen molar-refractivity contribution >= 4 is 5.69 Å². The van der Waals surface area contributed by atoms with E-state index in [4.69, 9.17) is 0 Å². The highest BCUT2D eigenvalue weighted by Gasteiger charge is 1.87. The maximum absolute atomic E-state index is 3.25. The first-order chi connectivity index (χ1) is 4.83. The van der Waals surface area contributed by atoms with E-state index in [2.05, 4.69) is 43.4 Å². The van der Waals surface area contributed by atoms with Gasteiger partial charge in [0.05, 0.1) is 0 Å². The molecule has 54 valence electrons. The second kappa shape index (κ2) is 3.25. The fourth-order valence-electron chi connectivity index (χ4n) is 0.959. The number of anilines is 1. The molecule has 0 aromatic heterocycles. The van der Waals surface area contributed by atoms with Crippen LogP contribution in [0.5, 0.6) is 0 Å². The summed E-state index contributed by atoms with van der Waals surface area (Å²) >= 11 is 0. The van der Waals surface area contributed by atoms with E-state index in [1.807, 2.05) is 0 Å². The lowest BCUT2D eigenvalue weighted by Crippen LogP contribution is -1.95. The normalized spacial score (nSPS) is 9.40. The summed E-state index contributed by atoms with van der Waals surface area (Å²) in [5, 5.41) is 3.25. The van der Waals surface area contributed by atoms with Crippen LogP contribution in [0.3, 0.4) is 0 Å². The summed E-state index contributed by atoms with van der Waals surface area (Å²) < 4.78 is 0. The Balaban J connectivity index is 2.75. The van der Waals surface area contributed by atoms with Crippen molar-refractivity contribution < 1.29 is 0 Å². The number of hydrogen-bond donors (Lipinski definition) is 1. The molecule has 1 N–H and O–H groups in total. The second-order valence-corrected chi connectivity index (χ2v) is 2.40. The van der Waals surface area contributed by atoms with Crippen LogP contribution in [0.15, 0.2) is 24.3 Å². The van der Waals surface area contributed by atoms with Crippen molar-refractivity contribution in [1.82, 2.24) is 0 Å². The molecule has 0 amide bonds. The molecule has 0 spiro atoms. The zero-order valence-corrected chi connectivity index (χ0v) is 6.52. The molecule has 1 nitrogen and oxygen atoms in total. The second-order valence-electron chi connectivity index (χ2n) is 2.40. The summed E-state index contributed by atoms with van der Waals surface area (Å²) in [6, 6.07) is 8.38. The molecular weight excluding hydrogens is 122 g/mol. The minimum absolute atomic E-state index is 0.990. The lowest BCUT2D eigenvalue weighted by molar-refractivity contribution is 1.21. The quantitative estimate of drug-likeness (QED) is 0.656. The Morgan fingerprint density at radius 1 is 1.40 bits per heavy atom. The van der Waals surface area contributed by atoms with Gasteiger partial charge in [-0.2, -0.15) is 0 Å². The number of aryl methyl sites for hydroxylation is 1. The van der Waals surface area contributed by atoms with Gasteiger partial charge >= 0.3 is 0 Å². The van der Waals surface area contributed by atoms with Gasteiger partial charge in [0, 0.05) is 12.2 Å². The predicted molar refractivity (Wildman–Crippen MR) is 45.3 cm³/mol. The van der Waals surface area contributed by atoms with E-state index >= 15 is 0 Å². The van der Waals surface area contributed by atoms with E-state index in [9.17, 15) is 0 Å². The van der Waals surface area contributed by atoms with Crippen molar-refractivity contribution in [3.05, 3.63) is 29.8 Å². The summed E-state index contributed by atoms with van der Waals surface area (Å²) in [5.41, 5.74) is 2.51. The standard InChI is InChI=1S/C9H13N/c1-3-10-9-6-4-5-8(2)7-9/h4-7,10H,3H2,1-2H3. The van der Waals surface area contributed by atoms with Crippen LogP contribution in [0, 0.1) is 6.92 Å². The van der Waals surface area contributed by atoms with Gasteiger partial charge in [0.1, 0.15) is 0 Å². The van der Waals surface area contributed by atoms with E-state index in [0.717, 1.165) is 6.54 Å². The van der Waals surface area contributed by atoms with Crippen molar-refractivity contribution in [3.8, 4) is 0 Å². The SMILES string of the molecule is CCNc1cccc(C)c1. The zero-order chi connectivity index (χ0) is 7.40. The Kier molecular flexibility index (Phi) is 2.32. The monoisotopic (exact) mass is 135 g/mol. The van der Waals surface area contributed by atoms with E-state index in [0.29, 0.717) is 0 Å². The molecule has 0 atom stereocenters. The van der Waals surface area contributed by atoms with Crippen LogP contribution < -0.4 is 5.32 Å². The smallest absolute Gasteiger partial charge is 0.0342 e. The molecule has 0 aliphatic rings. The third kappa shape index (κ3) is 1.76. The summed E-state index contributed by atoms with van der Waals surface area (Å²) in [7, 11) is 0. The van der Waals surface area contributed by atoms with Crippen LogP contribution in [-0.2, 0) is 0 Å². The molecule has 0 unspecified atom stereocenters. The molecular formula is C9H13N. The molecule has 0 saturated carbocycles. The first kappa shape index (κ1) is 7.13. The highest BCUT2D eigenvalue weighted by atomic mass is 14.8. The summed E-state index contributed by atoms with van der Waals surface area (Å²) in [5.74, 6) is 0. The molecule has 0 aliphatic heterocycles. The van der Waals surface area contributed by atoms with Gasteiger partial charge in [-0.1, -0.05) is 12.1 Å². The summed E-state index contributed by atoms with van der Waals surface area (Å²) in [4.78, 5) is 0. The Labute approximate surface area is 62.1 Å². The van der Waals surface area contributed by atoms with Crippen LogP contribution in [-0.4, -0.2) is 6.54 Å². The van der Waals surface area contributed by atoms with E-state index in [1.165, 1.54) is 11.3 Å². The third-order valence-corrected chi connectivity index (χ3v) is 1.40. The maximum atomic E-state index is 3.25. The topological polar surface area (TPSA) is 12.0 Å². The number of benzene rings is 1. The first-order valence-corrected chi connectivity index (χ1v) is 3.63. The van der Waals surface area contributed by atoms with Gasteiger partial charge in [-0.15, -0.1) is 0 Å². The summed E-state index contributed by atoms with van der Waals surface area (Å²) in [6.07, 6.45) is 0. The van der Waals surface area contributed by atoms with Crippen molar-refractivity contribution in [3.63, 3.8) is 0 Å². The van der Waals surface area contributed by atoms with E-state index in [-0.39, 0.29) is 0 Å². The number of hydrogen-bond acceptors (Lipinski definition) is 1. The molecule has 1 aromatic rings.